The van der Waals surface area contributed by atoms with Gasteiger partial charge in [0.2, 0.25) is 5.76 Å². The molecule has 0 unspecified atom stereocenters. The SMILES string of the molecule is CCc1cnoc1C(=O)ON1C(=O)c2ccccc2C1=O. The Morgan fingerprint density at radius 1 is 1.24 bits per heavy atom. The highest BCUT2D eigenvalue weighted by Gasteiger charge is 2.39. The van der Waals surface area contributed by atoms with Crippen LogP contribution in [-0.4, -0.2) is 28.0 Å². The summed E-state index contributed by atoms with van der Waals surface area (Å²) in [4.78, 5) is 40.9. The molecule has 21 heavy (non-hydrogen) atoms. The van der Waals surface area contributed by atoms with Gasteiger partial charge in [0.15, 0.2) is 0 Å². The Labute approximate surface area is 119 Å². The molecule has 0 saturated heterocycles. The Bertz CT molecular complexity index is 714. The fourth-order valence-corrected chi connectivity index (χ4v) is 2.05. The molecular formula is C14H10N2O5. The van der Waals surface area contributed by atoms with Crippen LogP contribution < -0.4 is 0 Å². The number of hydrogen-bond donors (Lipinski definition) is 0. The van der Waals surface area contributed by atoms with E-state index in [1.165, 1.54) is 18.3 Å². The number of amides is 2. The molecule has 0 aliphatic carbocycles. The van der Waals surface area contributed by atoms with Crippen molar-refractivity contribution >= 4 is 17.8 Å². The molecule has 2 amide bonds. The molecular weight excluding hydrogens is 276 g/mol. The van der Waals surface area contributed by atoms with Crippen molar-refractivity contribution in [3.63, 3.8) is 0 Å². The number of rotatable bonds is 3. The first kappa shape index (κ1) is 13.0. The number of nitrogens with zero attached hydrogens (tertiary/aromatic N) is 2. The number of carbonyl (C=O) groups is 3. The highest BCUT2D eigenvalue weighted by Crippen LogP contribution is 2.23. The lowest BCUT2D eigenvalue weighted by molar-refractivity contribution is -0.0608. The van der Waals surface area contributed by atoms with Crippen molar-refractivity contribution in [1.82, 2.24) is 10.2 Å². The van der Waals surface area contributed by atoms with Crippen LogP contribution in [0.3, 0.4) is 0 Å². The minimum atomic E-state index is -0.932. The van der Waals surface area contributed by atoms with E-state index in [-0.39, 0.29) is 16.9 Å². The Morgan fingerprint density at radius 3 is 2.43 bits per heavy atom. The van der Waals surface area contributed by atoms with Gasteiger partial charge in [0, 0.05) is 5.56 Å². The zero-order valence-electron chi connectivity index (χ0n) is 11.0. The highest BCUT2D eigenvalue weighted by molar-refractivity contribution is 6.21. The van der Waals surface area contributed by atoms with E-state index >= 15 is 0 Å². The van der Waals surface area contributed by atoms with Crippen LogP contribution in [0.2, 0.25) is 0 Å². The van der Waals surface area contributed by atoms with Gasteiger partial charge in [0.25, 0.3) is 11.8 Å². The predicted octanol–water partition coefficient (Wildman–Crippen LogP) is 1.60. The molecule has 0 radical (unpaired) electrons. The van der Waals surface area contributed by atoms with E-state index in [2.05, 4.69) is 5.16 Å². The molecule has 0 atom stereocenters. The van der Waals surface area contributed by atoms with Crippen molar-refractivity contribution < 1.29 is 23.7 Å². The van der Waals surface area contributed by atoms with E-state index in [4.69, 9.17) is 9.36 Å². The van der Waals surface area contributed by atoms with Gasteiger partial charge in [-0.3, -0.25) is 9.59 Å². The van der Waals surface area contributed by atoms with Crippen molar-refractivity contribution in [2.75, 3.05) is 0 Å². The summed E-state index contributed by atoms with van der Waals surface area (Å²) in [6.07, 6.45) is 1.90. The molecule has 2 aromatic rings. The van der Waals surface area contributed by atoms with E-state index in [1.807, 2.05) is 6.92 Å². The molecule has 2 heterocycles. The fourth-order valence-electron chi connectivity index (χ4n) is 2.05. The maximum absolute atomic E-state index is 12.0. The van der Waals surface area contributed by atoms with Gasteiger partial charge in [-0.2, -0.15) is 0 Å². The standard InChI is InChI=1S/C14H10N2O5/c1-2-8-7-15-20-11(8)14(19)21-16-12(17)9-5-3-4-6-10(9)13(16)18/h3-7H,2H2,1H3. The first-order valence-electron chi connectivity index (χ1n) is 6.27. The topological polar surface area (TPSA) is 89.7 Å². The summed E-state index contributed by atoms with van der Waals surface area (Å²) >= 11 is 0. The van der Waals surface area contributed by atoms with E-state index in [9.17, 15) is 14.4 Å². The summed E-state index contributed by atoms with van der Waals surface area (Å²) in [5.74, 6) is -2.41. The van der Waals surface area contributed by atoms with Crippen molar-refractivity contribution in [1.29, 1.82) is 0 Å². The van der Waals surface area contributed by atoms with E-state index in [0.29, 0.717) is 17.0 Å². The van der Waals surface area contributed by atoms with Crippen molar-refractivity contribution in [2.45, 2.75) is 13.3 Å². The number of aromatic nitrogens is 1. The van der Waals surface area contributed by atoms with Gasteiger partial charge >= 0.3 is 5.97 Å². The second-order valence-electron chi connectivity index (χ2n) is 4.36. The fraction of sp³-hybridized carbons (Fsp3) is 0.143. The molecule has 7 nitrogen and oxygen atoms in total. The molecule has 1 aromatic heterocycles. The molecule has 0 bridgehead atoms. The van der Waals surface area contributed by atoms with Crippen molar-refractivity contribution in [3.05, 3.63) is 52.9 Å². The lowest BCUT2D eigenvalue weighted by Gasteiger charge is -2.11. The number of hydrogen-bond acceptors (Lipinski definition) is 6. The van der Waals surface area contributed by atoms with Crippen molar-refractivity contribution in [3.8, 4) is 0 Å². The third-order valence-electron chi connectivity index (χ3n) is 3.14. The van der Waals surface area contributed by atoms with Crippen LogP contribution >= 0.6 is 0 Å². The molecule has 0 fully saturated rings. The van der Waals surface area contributed by atoms with E-state index < -0.39 is 17.8 Å². The third kappa shape index (κ3) is 1.99. The summed E-state index contributed by atoms with van der Waals surface area (Å²) in [5, 5.41) is 3.94. The van der Waals surface area contributed by atoms with Gasteiger partial charge < -0.3 is 9.36 Å². The molecule has 1 aliphatic rings. The third-order valence-corrected chi connectivity index (χ3v) is 3.14. The highest BCUT2D eigenvalue weighted by atomic mass is 16.7. The van der Waals surface area contributed by atoms with Gasteiger partial charge in [-0.15, -0.1) is 0 Å². The van der Waals surface area contributed by atoms with E-state index in [0.717, 1.165) is 0 Å². The summed E-state index contributed by atoms with van der Waals surface area (Å²) in [7, 11) is 0. The first-order chi connectivity index (χ1) is 10.1. The maximum atomic E-state index is 12.0. The molecule has 3 rings (SSSR count). The molecule has 0 N–H and O–H groups in total. The molecule has 7 heteroatoms. The summed E-state index contributed by atoms with van der Waals surface area (Å²) in [6, 6.07) is 6.24. The summed E-state index contributed by atoms with van der Waals surface area (Å²) in [6.45, 7) is 1.81. The summed E-state index contributed by atoms with van der Waals surface area (Å²) < 4.78 is 4.80. The summed E-state index contributed by atoms with van der Waals surface area (Å²) in [5.41, 5.74) is 0.934. The number of benzene rings is 1. The van der Waals surface area contributed by atoms with Gasteiger partial charge in [0.05, 0.1) is 17.3 Å². The van der Waals surface area contributed by atoms with Gasteiger partial charge in [-0.05, 0) is 18.6 Å². The zero-order chi connectivity index (χ0) is 15.0. The number of carbonyl (C=O) groups excluding carboxylic acids is 3. The first-order valence-corrected chi connectivity index (χ1v) is 6.27. The normalized spacial score (nSPS) is 13.5. The van der Waals surface area contributed by atoms with Crippen LogP contribution in [0, 0.1) is 0 Å². The molecule has 0 spiro atoms. The predicted molar refractivity (Wildman–Crippen MR) is 68.2 cm³/mol. The quantitative estimate of drug-likeness (QED) is 0.796. The van der Waals surface area contributed by atoms with Crippen LogP contribution in [0.1, 0.15) is 43.8 Å². The van der Waals surface area contributed by atoms with Gasteiger partial charge in [0.1, 0.15) is 0 Å². The Kier molecular flexibility index (Phi) is 3.02. The van der Waals surface area contributed by atoms with Crippen LogP contribution in [-0.2, 0) is 11.3 Å². The minimum Gasteiger partial charge on any atom is -0.349 e. The van der Waals surface area contributed by atoms with Crippen LogP contribution in [0.4, 0.5) is 0 Å². The number of imide groups is 1. The molecule has 1 aromatic carbocycles. The number of aryl methyl sites for hydroxylation is 1. The van der Waals surface area contributed by atoms with Crippen molar-refractivity contribution in [2.24, 2.45) is 0 Å². The second kappa shape index (κ2) is 4.86. The average molecular weight is 286 g/mol. The van der Waals surface area contributed by atoms with E-state index in [1.54, 1.807) is 12.1 Å². The van der Waals surface area contributed by atoms with Crippen LogP contribution in [0.5, 0.6) is 0 Å². The van der Waals surface area contributed by atoms with Gasteiger partial charge in [-0.1, -0.05) is 29.3 Å². The minimum absolute atomic E-state index is 0.117. The number of hydroxylamine groups is 2. The number of fused-ring (bicyclic) bond motifs is 1. The zero-order valence-corrected chi connectivity index (χ0v) is 11.0. The monoisotopic (exact) mass is 286 g/mol. The molecule has 106 valence electrons. The largest absolute Gasteiger partial charge is 0.402 e. The lowest BCUT2D eigenvalue weighted by atomic mass is 10.1. The van der Waals surface area contributed by atoms with Crippen LogP contribution in [0.15, 0.2) is 35.0 Å². The second-order valence-corrected chi connectivity index (χ2v) is 4.36. The molecule has 0 saturated carbocycles. The Morgan fingerprint density at radius 2 is 1.86 bits per heavy atom. The lowest BCUT2D eigenvalue weighted by Crippen LogP contribution is -2.32. The maximum Gasteiger partial charge on any atom is 0.402 e. The van der Waals surface area contributed by atoms with Gasteiger partial charge in [-0.25, -0.2) is 4.79 Å². The Balaban J connectivity index is 1.86. The smallest absolute Gasteiger partial charge is 0.349 e. The van der Waals surface area contributed by atoms with Crippen LogP contribution in [0.25, 0.3) is 0 Å². The average Bonchev–Trinajstić information content (AvgIpc) is 3.07. The Hall–Kier alpha value is -2.96. The molecule has 1 aliphatic heterocycles.